The van der Waals surface area contributed by atoms with Crippen LogP contribution >= 0.6 is 0 Å². The lowest BCUT2D eigenvalue weighted by molar-refractivity contribution is 0.0939. The Kier molecular flexibility index (Phi) is 6.67. The topological polar surface area (TPSA) is 84.9 Å². The number of amides is 1. The number of aryl methyl sites for hydroxylation is 1. The van der Waals surface area contributed by atoms with Crippen LogP contribution in [0, 0.1) is 6.92 Å². The normalized spacial score (nSPS) is 15.6. The van der Waals surface area contributed by atoms with Gasteiger partial charge in [-0.25, -0.2) is 8.42 Å². The number of benzene rings is 2. The van der Waals surface area contributed by atoms with Gasteiger partial charge in [0.1, 0.15) is 11.5 Å². The maximum atomic E-state index is 13.0. The van der Waals surface area contributed by atoms with Crippen molar-refractivity contribution in [3.8, 4) is 11.5 Å². The van der Waals surface area contributed by atoms with Gasteiger partial charge < -0.3 is 14.8 Å². The summed E-state index contributed by atoms with van der Waals surface area (Å²) in [6.07, 6.45) is 1.72. The average molecular weight is 433 g/mol. The van der Waals surface area contributed by atoms with E-state index < -0.39 is 10.0 Å². The van der Waals surface area contributed by atoms with Crippen LogP contribution in [0.2, 0.25) is 0 Å². The molecule has 1 aliphatic rings. The molecule has 1 heterocycles. The number of rotatable bonds is 7. The molecule has 1 atom stereocenters. The molecule has 0 bridgehead atoms. The van der Waals surface area contributed by atoms with Gasteiger partial charge in [0.05, 0.1) is 25.2 Å². The number of carbonyl (C=O) groups excluding carboxylic acids is 1. The Labute approximate surface area is 178 Å². The van der Waals surface area contributed by atoms with E-state index in [4.69, 9.17) is 9.47 Å². The second-order valence-electron chi connectivity index (χ2n) is 7.39. The minimum Gasteiger partial charge on any atom is -0.497 e. The van der Waals surface area contributed by atoms with Gasteiger partial charge in [-0.05, 0) is 62.6 Å². The molecule has 2 aromatic carbocycles. The third-order valence-electron chi connectivity index (χ3n) is 5.38. The predicted octanol–water partition coefficient (Wildman–Crippen LogP) is 3.29. The number of sulfonamides is 1. The van der Waals surface area contributed by atoms with Crippen molar-refractivity contribution in [1.29, 1.82) is 0 Å². The van der Waals surface area contributed by atoms with Crippen molar-refractivity contribution in [3.05, 3.63) is 53.1 Å². The van der Waals surface area contributed by atoms with Gasteiger partial charge in [0.25, 0.3) is 5.91 Å². The molecule has 1 saturated heterocycles. The summed E-state index contributed by atoms with van der Waals surface area (Å²) in [5.74, 6) is 0.927. The third kappa shape index (κ3) is 4.44. The highest BCUT2D eigenvalue weighted by molar-refractivity contribution is 7.89. The molecule has 0 spiro atoms. The Morgan fingerprint density at radius 3 is 2.40 bits per heavy atom. The molecule has 1 aliphatic heterocycles. The molecule has 162 valence electrons. The molecule has 0 aliphatic carbocycles. The highest BCUT2D eigenvalue weighted by Gasteiger charge is 2.29. The first-order valence-electron chi connectivity index (χ1n) is 9.91. The summed E-state index contributed by atoms with van der Waals surface area (Å²) in [7, 11) is -0.471. The summed E-state index contributed by atoms with van der Waals surface area (Å²) < 4.78 is 38.1. The van der Waals surface area contributed by atoms with Crippen LogP contribution in [0.1, 0.15) is 47.3 Å². The lowest BCUT2D eigenvalue weighted by Gasteiger charge is -2.20. The zero-order valence-corrected chi connectivity index (χ0v) is 18.6. The number of hydrogen-bond donors (Lipinski definition) is 1. The first-order chi connectivity index (χ1) is 14.3. The van der Waals surface area contributed by atoms with Crippen LogP contribution in [0.5, 0.6) is 11.5 Å². The summed E-state index contributed by atoms with van der Waals surface area (Å²) in [6.45, 7) is 4.62. The summed E-state index contributed by atoms with van der Waals surface area (Å²) in [5, 5.41) is 2.92. The lowest BCUT2D eigenvalue weighted by atomic mass is 10.1. The van der Waals surface area contributed by atoms with Crippen molar-refractivity contribution < 1.29 is 22.7 Å². The van der Waals surface area contributed by atoms with E-state index in [1.165, 1.54) is 10.4 Å². The van der Waals surface area contributed by atoms with E-state index in [0.717, 1.165) is 18.4 Å². The number of hydrogen-bond acceptors (Lipinski definition) is 5. The molecular formula is C22H28N2O5S. The van der Waals surface area contributed by atoms with Crippen molar-refractivity contribution in [3.63, 3.8) is 0 Å². The van der Waals surface area contributed by atoms with Crippen molar-refractivity contribution >= 4 is 15.9 Å². The molecule has 7 nitrogen and oxygen atoms in total. The van der Waals surface area contributed by atoms with Crippen molar-refractivity contribution in [2.75, 3.05) is 27.3 Å². The van der Waals surface area contributed by atoms with Gasteiger partial charge in [-0.3, -0.25) is 4.79 Å². The molecule has 0 saturated carbocycles. The minimum atomic E-state index is -3.61. The number of carbonyl (C=O) groups is 1. The Bertz CT molecular complexity index is 1030. The fraction of sp³-hybridized carbons (Fsp3) is 0.409. The fourth-order valence-electron chi connectivity index (χ4n) is 3.62. The summed E-state index contributed by atoms with van der Waals surface area (Å²) >= 11 is 0. The van der Waals surface area contributed by atoms with E-state index in [1.54, 1.807) is 45.4 Å². The highest BCUT2D eigenvalue weighted by atomic mass is 32.2. The molecule has 0 radical (unpaired) electrons. The van der Waals surface area contributed by atoms with Gasteiger partial charge in [0.2, 0.25) is 10.0 Å². The van der Waals surface area contributed by atoms with Gasteiger partial charge in [-0.1, -0.05) is 6.07 Å². The summed E-state index contributed by atoms with van der Waals surface area (Å²) in [5.41, 5.74) is 1.69. The van der Waals surface area contributed by atoms with Crippen LogP contribution in [-0.2, 0) is 10.0 Å². The van der Waals surface area contributed by atoms with E-state index in [1.807, 2.05) is 13.0 Å². The van der Waals surface area contributed by atoms with Gasteiger partial charge in [0, 0.05) is 24.2 Å². The second-order valence-corrected chi connectivity index (χ2v) is 9.30. The molecule has 0 unspecified atom stereocenters. The van der Waals surface area contributed by atoms with Crippen molar-refractivity contribution in [2.24, 2.45) is 0 Å². The molecule has 3 rings (SSSR count). The van der Waals surface area contributed by atoms with Crippen LogP contribution in [0.3, 0.4) is 0 Å². The largest absolute Gasteiger partial charge is 0.497 e. The average Bonchev–Trinajstić information content (AvgIpc) is 3.29. The first-order valence-corrected chi connectivity index (χ1v) is 11.4. The maximum absolute atomic E-state index is 13.0. The monoisotopic (exact) mass is 432 g/mol. The minimum absolute atomic E-state index is 0.184. The van der Waals surface area contributed by atoms with Gasteiger partial charge in [-0.15, -0.1) is 0 Å². The maximum Gasteiger partial charge on any atom is 0.251 e. The van der Waals surface area contributed by atoms with E-state index >= 15 is 0 Å². The predicted molar refractivity (Wildman–Crippen MR) is 115 cm³/mol. The molecule has 2 aromatic rings. The first kappa shape index (κ1) is 22.1. The zero-order chi connectivity index (χ0) is 21.9. The standard InChI is InChI=1S/C22H28N2O5S/c1-15-7-8-17(13-21(15)30(26,27)24-11-5-6-12-24)22(25)23-16(2)19-14-18(28-3)9-10-20(19)29-4/h7-10,13-14,16H,5-6,11-12H2,1-4H3,(H,23,25)/t16-/m1/s1. The van der Waals surface area contributed by atoms with Crippen LogP contribution in [0.15, 0.2) is 41.3 Å². The number of ether oxygens (including phenoxy) is 2. The van der Waals surface area contributed by atoms with E-state index in [9.17, 15) is 13.2 Å². The number of nitrogens with zero attached hydrogens (tertiary/aromatic N) is 1. The van der Waals surface area contributed by atoms with E-state index in [0.29, 0.717) is 35.7 Å². The van der Waals surface area contributed by atoms with Crippen LogP contribution in [0.25, 0.3) is 0 Å². The summed E-state index contributed by atoms with van der Waals surface area (Å²) in [6, 6.07) is 9.78. The SMILES string of the molecule is COc1ccc(OC)c([C@@H](C)NC(=O)c2ccc(C)c(S(=O)(=O)N3CCCC3)c2)c1. The number of nitrogens with one attached hydrogen (secondary N) is 1. The summed E-state index contributed by atoms with van der Waals surface area (Å²) in [4.78, 5) is 13.1. The Hall–Kier alpha value is -2.58. The van der Waals surface area contributed by atoms with Gasteiger partial charge in [-0.2, -0.15) is 4.31 Å². The van der Waals surface area contributed by atoms with Crippen molar-refractivity contribution in [2.45, 2.75) is 37.6 Å². The van der Waals surface area contributed by atoms with Gasteiger partial charge >= 0.3 is 0 Å². The van der Waals surface area contributed by atoms with Crippen LogP contribution < -0.4 is 14.8 Å². The fourth-order valence-corrected chi connectivity index (χ4v) is 5.39. The van der Waals surface area contributed by atoms with Crippen LogP contribution in [0.4, 0.5) is 0 Å². The molecule has 1 amide bonds. The molecular weight excluding hydrogens is 404 g/mol. The second kappa shape index (κ2) is 9.06. The van der Waals surface area contributed by atoms with E-state index in [2.05, 4.69) is 5.32 Å². The highest BCUT2D eigenvalue weighted by Crippen LogP contribution is 2.30. The van der Waals surface area contributed by atoms with Gasteiger partial charge in [0.15, 0.2) is 0 Å². The van der Waals surface area contributed by atoms with E-state index in [-0.39, 0.29) is 16.8 Å². The molecule has 1 fully saturated rings. The van der Waals surface area contributed by atoms with Crippen molar-refractivity contribution in [1.82, 2.24) is 9.62 Å². The Balaban J connectivity index is 1.86. The Morgan fingerprint density at radius 1 is 1.07 bits per heavy atom. The molecule has 8 heteroatoms. The smallest absolute Gasteiger partial charge is 0.251 e. The quantitative estimate of drug-likeness (QED) is 0.726. The van der Waals surface area contributed by atoms with Crippen LogP contribution in [-0.4, -0.2) is 45.9 Å². The molecule has 1 N–H and O–H groups in total. The zero-order valence-electron chi connectivity index (χ0n) is 17.8. The molecule has 0 aromatic heterocycles. The lowest BCUT2D eigenvalue weighted by Crippen LogP contribution is -2.30. The third-order valence-corrected chi connectivity index (χ3v) is 7.42. The molecule has 30 heavy (non-hydrogen) atoms. The number of methoxy groups -OCH3 is 2. The Morgan fingerprint density at radius 2 is 1.77 bits per heavy atom.